The molecule has 2 rings (SSSR count). The van der Waals surface area contributed by atoms with Crippen molar-refractivity contribution in [1.82, 2.24) is 10.3 Å². The maximum Gasteiger partial charge on any atom is 0.128 e. The Morgan fingerprint density at radius 3 is 2.65 bits per heavy atom. The van der Waals surface area contributed by atoms with Crippen LogP contribution in [0.3, 0.4) is 0 Å². The van der Waals surface area contributed by atoms with Crippen molar-refractivity contribution >= 4 is 0 Å². The molecule has 2 nitrogen and oxygen atoms in total. The number of halogens is 1. The quantitative estimate of drug-likeness (QED) is 0.899. The van der Waals surface area contributed by atoms with Crippen molar-refractivity contribution in [1.29, 1.82) is 0 Å². The average Bonchev–Trinajstić information content (AvgIpc) is 2.48. The number of aryl methyl sites for hydroxylation is 2. The first-order chi connectivity index (χ1) is 9.63. The highest BCUT2D eigenvalue weighted by Gasteiger charge is 2.15. The molecule has 1 aromatic heterocycles. The van der Waals surface area contributed by atoms with Crippen molar-refractivity contribution in [3.63, 3.8) is 0 Å². The lowest BCUT2D eigenvalue weighted by Gasteiger charge is -2.17. The van der Waals surface area contributed by atoms with E-state index in [2.05, 4.69) is 23.3 Å². The van der Waals surface area contributed by atoms with Crippen LogP contribution in [-0.2, 0) is 12.8 Å². The monoisotopic (exact) mass is 272 g/mol. The highest BCUT2D eigenvalue weighted by Crippen LogP contribution is 2.21. The Kier molecular flexibility index (Phi) is 4.85. The number of nitrogens with zero attached hydrogens (tertiary/aromatic N) is 1. The van der Waals surface area contributed by atoms with E-state index in [9.17, 15) is 4.39 Å². The molecule has 3 heteroatoms. The van der Waals surface area contributed by atoms with Gasteiger partial charge < -0.3 is 5.32 Å². The van der Waals surface area contributed by atoms with Gasteiger partial charge in [0.05, 0.1) is 0 Å². The predicted octanol–water partition coefficient (Wildman–Crippen LogP) is 3.59. The standard InChI is InChI=1S/C17H21FN2/c1-4-13-6-7-14(20-11-13)10-17(19-3)15-9-12(2)5-8-16(15)18/h5-9,11,17,19H,4,10H2,1-3H3. The van der Waals surface area contributed by atoms with Gasteiger partial charge in [0, 0.05) is 29.9 Å². The fourth-order valence-electron chi connectivity index (χ4n) is 2.29. The minimum absolute atomic E-state index is 0.0603. The second-order valence-corrected chi connectivity index (χ2v) is 5.08. The largest absolute Gasteiger partial charge is 0.313 e. The number of aromatic nitrogens is 1. The summed E-state index contributed by atoms with van der Waals surface area (Å²) in [5.41, 5.74) is 3.96. The van der Waals surface area contributed by atoms with Gasteiger partial charge in [0.2, 0.25) is 0 Å². The van der Waals surface area contributed by atoms with Crippen LogP contribution in [0.5, 0.6) is 0 Å². The summed E-state index contributed by atoms with van der Waals surface area (Å²) in [4.78, 5) is 4.45. The number of likely N-dealkylation sites (N-methyl/N-ethyl adjacent to an activating group) is 1. The molecular weight excluding hydrogens is 251 g/mol. The lowest BCUT2D eigenvalue weighted by Crippen LogP contribution is -2.20. The smallest absolute Gasteiger partial charge is 0.128 e. The van der Waals surface area contributed by atoms with Crippen LogP contribution >= 0.6 is 0 Å². The summed E-state index contributed by atoms with van der Waals surface area (Å²) in [5.74, 6) is -0.167. The minimum atomic E-state index is -0.167. The van der Waals surface area contributed by atoms with Crippen LogP contribution < -0.4 is 5.32 Å². The normalized spacial score (nSPS) is 12.4. The minimum Gasteiger partial charge on any atom is -0.313 e. The molecular formula is C17H21FN2. The second kappa shape index (κ2) is 6.62. The van der Waals surface area contributed by atoms with Crippen molar-refractivity contribution in [2.75, 3.05) is 7.05 Å². The second-order valence-electron chi connectivity index (χ2n) is 5.08. The third-order valence-corrected chi connectivity index (χ3v) is 3.58. The summed E-state index contributed by atoms with van der Waals surface area (Å²) in [6.45, 7) is 4.08. The maximum absolute atomic E-state index is 14.0. The van der Waals surface area contributed by atoms with Crippen molar-refractivity contribution in [3.8, 4) is 0 Å². The first kappa shape index (κ1) is 14.7. The SMILES string of the molecule is CCc1ccc(CC(NC)c2cc(C)ccc2F)nc1. The fourth-order valence-corrected chi connectivity index (χ4v) is 2.29. The Morgan fingerprint density at radius 1 is 1.25 bits per heavy atom. The number of nitrogens with one attached hydrogen (secondary N) is 1. The Labute approximate surface area is 120 Å². The zero-order valence-corrected chi connectivity index (χ0v) is 12.3. The molecule has 1 aromatic carbocycles. The van der Waals surface area contributed by atoms with Gasteiger partial charge in [0.25, 0.3) is 0 Å². The maximum atomic E-state index is 14.0. The van der Waals surface area contributed by atoms with Crippen LogP contribution in [0.2, 0.25) is 0 Å². The Morgan fingerprint density at radius 2 is 2.05 bits per heavy atom. The summed E-state index contributed by atoms with van der Waals surface area (Å²) >= 11 is 0. The first-order valence-corrected chi connectivity index (χ1v) is 7.01. The van der Waals surface area contributed by atoms with Crippen LogP contribution in [0.1, 0.15) is 35.3 Å². The summed E-state index contributed by atoms with van der Waals surface area (Å²) in [5, 5.41) is 3.18. The van der Waals surface area contributed by atoms with Gasteiger partial charge in [-0.25, -0.2) is 4.39 Å². The average molecular weight is 272 g/mol. The highest BCUT2D eigenvalue weighted by atomic mass is 19.1. The number of rotatable bonds is 5. The van der Waals surface area contributed by atoms with E-state index in [-0.39, 0.29) is 11.9 Å². The molecule has 1 N–H and O–H groups in total. The van der Waals surface area contributed by atoms with Gasteiger partial charge in [-0.2, -0.15) is 0 Å². The van der Waals surface area contributed by atoms with Gasteiger partial charge in [0.15, 0.2) is 0 Å². The molecule has 0 spiro atoms. The van der Waals surface area contributed by atoms with Gasteiger partial charge >= 0.3 is 0 Å². The van der Waals surface area contributed by atoms with E-state index >= 15 is 0 Å². The van der Waals surface area contributed by atoms with Crippen molar-refractivity contribution < 1.29 is 4.39 Å². The van der Waals surface area contributed by atoms with Crippen LogP contribution in [0, 0.1) is 12.7 Å². The molecule has 0 amide bonds. The number of benzene rings is 1. The first-order valence-electron chi connectivity index (χ1n) is 7.01. The molecule has 0 radical (unpaired) electrons. The lowest BCUT2D eigenvalue weighted by atomic mass is 9.99. The zero-order valence-electron chi connectivity index (χ0n) is 12.3. The summed E-state index contributed by atoms with van der Waals surface area (Å²) < 4.78 is 14.0. The van der Waals surface area contributed by atoms with Crippen LogP contribution in [-0.4, -0.2) is 12.0 Å². The molecule has 20 heavy (non-hydrogen) atoms. The number of hydrogen-bond acceptors (Lipinski definition) is 2. The molecule has 106 valence electrons. The topological polar surface area (TPSA) is 24.9 Å². The van der Waals surface area contributed by atoms with Crippen LogP contribution in [0.15, 0.2) is 36.5 Å². The summed E-state index contributed by atoms with van der Waals surface area (Å²) in [6, 6.07) is 9.27. The molecule has 1 atom stereocenters. The van der Waals surface area contributed by atoms with Gasteiger partial charge in [0.1, 0.15) is 5.82 Å². The Hall–Kier alpha value is -1.74. The molecule has 0 saturated heterocycles. The third kappa shape index (κ3) is 3.42. The van der Waals surface area contributed by atoms with Gasteiger partial charge in [-0.1, -0.05) is 30.7 Å². The van der Waals surface area contributed by atoms with E-state index < -0.39 is 0 Å². The van der Waals surface area contributed by atoms with E-state index in [1.165, 1.54) is 11.6 Å². The molecule has 0 bridgehead atoms. The summed E-state index contributed by atoms with van der Waals surface area (Å²) in [7, 11) is 1.85. The zero-order chi connectivity index (χ0) is 14.5. The molecule has 0 aliphatic heterocycles. The van der Waals surface area contributed by atoms with Crippen LogP contribution in [0.25, 0.3) is 0 Å². The lowest BCUT2D eigenvalue weighted by molar-refractivity contribution is 0.529. The Bertz CT molecular complexity index is 564. The van der Waals surface area contributed by atoms with Gasteiger partial charge in [-0.05, 0) is 38.1 Å². The van der Waals surface area contributed by atoms with E-state index in [1.54, 1.807) is 6.07 Å². The van der Waals surface area contributed by atoms with E-state index in [1.807, 2.05) is 32.3 Å². The van der Waals surface area contributed by atoms with E-state index in [0.29, 0.717) is 12.0 Å². The molecule has 0 aliphatic rings. The van der Waals surface area contributed by atoms with Crippen LogP contribution in [0.4, 0.5) is 4.39 Å². The molecule has 0 fully saturated rings. The molecule has 0 saturated carbocycles. The van der Waals surface area contributed by atoms with Crippen molar-refractivity contribution in [2.24, 2.45) is 0 Å². The van der Waals surface area contributed by atoms with E-state index in [0.717, 1.165) is 17.7 Å². The third-order valence-electron chi connectivity index (χ3n) is 3.58. The Balaban J connectivity index is 2.21. The van der Waals surface area contributed by atoms with Gasteiger partial charge in [-0.15, -0.1) is 0 Å². The number of hydrogen-bond donors (Lipinski definition) is 1. The highest BCUT2D eigenvalue weighted by molar-refractivity contribution is 5.28. The molecule has 2 aromatic rings. The molecule has 0 aliphatic carbocycles. The van der Waals surface area contributed by atoms with Crippen molar-refractivity contribution in [2.45, 2.75) is 32.7 Å². The van der Waals surface area contributed by atoms with E-state index in [4.69, 9.17) is 0 Å². The number of pyridine rings is 1. The summed E-state index contributed by atoms with van der Waals surface area (Å²) in [6.07, 6.45) is 3.56. The van der Waals surface area contributed by atoms with Crippen molar-refractivity contribution in [3.05, 3.63) is 64.7 Å². The molecule has 1 heterocycles. The van der Waals surface area contributed by atoms with Gasteiger partial charge in [-0.3, -0.25) is 4.98 Å². The fraction of sp³-hybridized carbons (Fsp3) is 0.353. The molecule has 1 unspecified atom stereocenters. The predicted molar refractivity (Wildman–Crippen MR) is 80.3 cm³/mol.